The maximum atomic E-state index is 12.2. The Kier molecular flexibility index (Phi) is 8.36. The molecule has 0 aromatic carbocycles. The average Bonchev–Trinajstić information content (AvgIpc) is 3.03. The number of rotatable bonds is 8. The number of fused-ring (bicyclic) bond motifs is 1. The molecule has 3 rings (SSSR count). The highest BCUT2D eigenvalue weighted by Crippen LogP contribution is 2.49. The first-order valence-electron chi connectivity index (χ1n) is 11.0. The Morgan fingerprint density at radius 2 is 1.85 bits per heavy atom. The van der Waals surface area contributed by atoms with Crippen LogP contribution in [0, 0.1) is 17.8 Å². The zero-order valence-electron chi connectivity index (χ0n) is 18.6. The van der Waals surface area contributed by atoms with Crippen LogP contribution in [0.1, 0.15) is 26.7 Å². The van der Waals surface area contributed by atoms with Crippen molar-refractivity contribution in [2.75, 3.05) is 19.8 Å². The minimum atomic E-state index is -1.99. The first kappa shape index (κ1) is 26.3. The topological polar surface area (TPSA) is 196 Å². The molecule has 1 aliphatic carbocycles. The molecule has 2 aliphatic heterocycles. The molecule has 0 radical (unpaired) electrons. The molecule has 0 bridgehead atoms. The second-order valence-electron chi connectivity index (χ2n) is 9.33. The third-order valence-electron chi connectivity index (χ3n) is 6.53. The van der Waals surface area contributed by atoms with Crippen molar-refractivity contribution < 1.29 is 59.5 Å². The van der Waals surface area contributed by atoms with Gasteiger partial charge in [-0.2, -0.15) is 0 Å². The molecule has 2 fully saturated rings. The Labute approximate surface area is 191 Å². The molecule has 0 spiro atoms. The SMILES string of the molecule is CC(C)CC(=O)O[C@@H]1OC=C(CO[C@@H]2O[C@H](CO)[C@@H](O)[C@H](O)[C@H]2O)[C@H]2C[C@@H](O)[C@@](O)(CO)[C@@H]12. The van der Waals surface area contributed by atoms with Gasteiger partial charge in [0.25, 0.3) is 0 Å². The van der Waals surface area contributed by atoms with Gasteiger partial charge in [-0.05, 0) is 17.9 Å². The van der Waals surface area contributed by atoms with Crippen molar-refractivity contribution in [2.45, 2.75) is 75.4 Å². The molecule has 33 heavy (non-hydrogen) atoms. The highest BCUT2D eigenvalue weighted by Gasteiger charge is 2.60. The summed E-state index contributed by atoms with van der Waals surface area (Å²) in [6, 6.07) is 0. The number of carbonyl (C=O) groups is 1. The molecule has 0 aromatic rings. The molecule has 12 heteroatoms. The van der Waals surface area contributed by atoms with E-state index in [-0.39, 0.29) is 25.4 Å². The van der Waals surface area contributed by atoms with E-state index in [0.717, 1.165) is 0 Å². The second kappa shape index (κ2) is 10.5. The van der Waals surface area contributed by atoms with Crippen LogP contribution < -0.4 is 0 Å². The number of aliphatic hydroxyl groups excluding tert-OH is 6. The van der Waals surface area contributed by atoms with Gasteiger partial charge in [0.05, 0.1) is 38.1 Å². The van der Waals surface area contributed by atoms with Crippen LogP contribution >= 0.6 is 0 Å². The van der Waals surface area contributed by atoms with Crippen LogP contribution in [0.25, 0.3) is 0 Å². The fourth-order valence-corrected chi connectivity index (χ4v) is 4.64. The van der Waals surface area contributed by atoms with Crippen LogP contribution in [0.3, 0.4) is 0 Å². The minimum absolute atomic E-state index is 0.0210. The van der Waals surface area contributed by atoms with Gasteiger partial charge in [0.15, 0.2) is 6.29 Å². The van der Waals surface area contributed by atoms with E-state index in [0.29, 0.717) is 5.57 Å². The van der Waals surface area contributed by atoms with Gasteiger partial charge in [-0.25, -0.2) is 0 Å². The summed E-state index contributed by atoms with van der Waals surface area (Å²) in [6.45, 7) is 2.04. The molecule has 3 aliphatic rings. The van der Waals surface area contributed by atoms with E-state index in [1.165, 1.54) is 6.26 Å². The van der Waals surface area contributed by atoms with Gasteiger partial charge in [0.1, 0.15) is 30.0 Å². The maximum Gasteiger partial charge on any atom is 0.309 e. The lowest BCUT2D eigenvalue weighted by molar-refractivity contribution is -0.299. The van der Waals surface area contributed by atoms with Gasteiger partial charge in [-0.15, -0.1) is 0 Å². The summed E-state index contributed by atoms with van der Waals surface area (Å²) in [5.74, 6) is -2.12. The number of esters is 1. The van der Waals surface area contributed by atoms with E-state index in [1.54, 1.807) is 0 Å². The minimum Gasteiger partial charge on any atom is -0.462 e. The summed E-state index contributed by atoms with van der Waals surface area (Å²) in [7, 11) is 0. The van der Waals surface area contributed by atoms with E-state index >= 15 is 0 Å². The number of ether oxygens (including phenoxy) is 4. The Morgan fingerprint density at radius 3 is 2.45 bits per heavy atom. The fourth-order valence-electron chi connectivity index (χ4n) is 4.64. The van der Waals surface area contributed by atoms with E-state index in [4.69, 9.17) is 18.9 Å². The Hall–Kier alpha value is -1.35. The molecule has 0 amide bonds. The summed E-state index contributed by atoms with van der Waals surface area (Å²) < 4.78 is 21.8. The van der Waals surface area contributed by atoms with Crippen LogP contribution in [-0.2, 0) is 23.7 Å². The molecule has 0 unspecified atom stereocenters. The fraction of sp³-hybridized carbons (Fsp3) is 0.857. The number of hydrogen-bond acceptors (Lipinski definition) is 12. The van der Waals surface area contributed by atoms with E-state index in [2.05, 4.69) is 0 Å². The van der Waals surface area contributed by atoms with Crippen molar-refractivity contribution in [1.29, 1.82) is 0 Å². The van der Waals surface area contributed by atoms with Crippen molar-refractivity contribution in [3.05, 3.63) is 11.8 Å². The molecule has 1 saturated heterocycles. The third-order valence-corrected chi connectivity index (χ3v) is 6.53. The predicted octanol–water partition coefficient (Wildman–Crippen LogP) is -2.65. The standard InChI is InChI=1S/C21H34O12/c1-9(2)3-14(25)33-19-15-11(4-13(24)21(15,29)8-23)10(6-30-19)7-31-20-18(28)17(27)16(26)12(5-22)32-20/h6,9,11-13,15-20,22-24,26-29H,3-5,7-8H2,1-2H3/t11-,12-,13-,15-,16-,17+,18-,19+,20-,21+/m1/s1. The molecule has 10 atom stereocenters. The molecule has 12 nitrogen and oxygen atoms in total. The second-order valence-corrected chi connectivity index (χ2v) is 9.33. The Morgan fingerprint density at radius 1 is 1.15 bits per heavy atom. The van der Waals surface area contributed by atoms with Crippen LogP contribution in [0.4, 0.5) is 0 Å². The molecular weight excluding hydrogens is 444 g/mol. The molecule has 0 aromatic heterocycles. The lowest BCUT2D eigenvalue weighted by Crippen LogP contribution is -2.59. The summed E-state index contributed by atoms with van der Waals surface area (Å²) in [5.41, 5.74) is -1.56. The Balaban J connectivity index is 1.75. The summed E-state index contributed by atoms with van der Waals surface area (Å²) in [6.07, 6.45) is -8.43. The van der Waals surface area contributed by atoms with E-state index < -0.39 is 79.7 Å². The van der Waals surface area contributed by atoms with Crippen LogP contribution in [0.15, 0.2) is 11.8 Å². The number of aliphatic hydroxyl groups is 7. The molecule has 190 valence electrons. The summed E-state index contributed by atoms with van der Waals surface area (Å²) in [5, 5.41) is 70.5. The lowest BCUT2D eigenvalue weighted by Gasteiger charge is -2.41. The average molecular weight is 478 g/mol. The Bertz CT molecular complexity index is 711. The van der Waals surface area contributed by atoms with Crippen molar-refractivity contribution in [3.63, 3.8) is 0 Å². The van der Waals surface area contributed by atoms with Gasteiger partial charge >= 0.3 is 5.97 Å². The first-order valence-corrected chi connectivity index (χ1v) is 11.0. The van der Waals surface area contributed by atoms with Gasteiger partial charge in [0.2, 0.25) is 6.29 Å². The number of carbonyl (C=O) groups excluding carboxylic acids is 1. The zero-order chi connectivity index (χ0) is 24.5. The first-order chi connectivity index (χ1) is 15.5. The number of hydrogen-bond donors (Lipinski definition) is 7. The van der Waals surface area contributed by atoms with Gasteiger partial charge in [-0.1, -0.05) is 13.8 Å². The quantitative estimate of drug-likeness (QED) is 0.179. The lowest BCUT2D eigenvalue weighted by atomic mass is 9.80. The maximum absolute atomic E-state index is 12.2. The van der Waals surface area contributed by atoms with Gasteiger partial charge in [-0.3, -0.25) is 4.79 Å². The predicted molar refractivity (Wildman–Crippen MR) is 108 cm³/mol. The summed E-state index contributed by atoms with van der Waals surface area (Å²) in [4.78, 5) is 12.2. The molecule has 7 N–H and O–H groups in total. The highest BCUT2D eigenvalue weighted by atomic mass is 16.7. The van der Waals surface area contributed by atoms with Crippen LogP contribution in [-0.4, -0.2) is 110 Å². The zero-order valence-corrected chi connectivity index (χ0v) is 18.6. The highest BCUT2D eigenvalue weighted by molar-refractivity contribution is 5.69. The van der Waals surface area contributed by atoms with Crippen molar-refractivity contribution >= 4 is 5.97 Å². The van der Waals surface area contributed by atoms with Gasteiger partial charge in [0, 0.05) is 12.3 Å². The van der Waals surface area contributed by atoms with Gasteiger partial charge < -0.3 is 54.7 Å². The normalized spacial score (nSPS) is 43.1. The van der Waals surface area contributed by atoms with Crippen molar-refractivity contribution in [1.82, 2.24) is 0 Å². The van der Waals surface area contributed by atoms with Crippen molar-refractivity contribution in [2.24, 2.45) is 17.8 Å². The monoisotopic (exact) mass is 478 g/mol. The van der Waals surface area contributed by atoms with Crippen LogP contribution in [0.5, 0.6) is 0 Å². The third kappa shape index (κ3) is 5.19. The van der Waals surface area contributed by atoms with Crippen LogP contribution in [0.2, 0.25) is 0 Å². The van der Waals surface area contributed by atoms with E-state index in [1.807, 2.05) is 13.8 Å². The smallest absolute Gasteiger partial charge is 0.309 e. The van der Waals surface area contributed by atoms with E-state index in [9.17, 15) is 40.5 Å². The molecule has 1 saturated carbocycles. The summed E-state index contributed by atoms with van der Waals surface area (Å²) >= 11 is 0. The van der Waals surface area contributed by atoms with Crippen molar-refractivity contribution in [3.8, 4) is 0 Å². The molecule has 2 heterocycles. The molecular formula is C21H34O12. The largest absolute Gasteiger partial charge is 0.462 e.